The van der Waals surface area contributed by atoms with Crippen LogP contribution in [0.4, 0.5) is 14.5 Å². The van der Waals surface area contributed by atoms with Crippen molar-refractivity contribution in [1.82, 2.24) is 0 Å². The predicted octanol–water partition coefficient (Wildman–Crippen LogP) is 4.40. The van der Waals surface area contributed by atoms with E-state index in [2.05, 4.69) is 10.1 Å². The van der Waals surface area contributed by atoms with Crippen LogP contribution in [-0.2, 0) is 14.3 Å². The molecule has 2 aromatic rings. The van der Waals surface area contributed by atoms with Crippen molar-refractivity contribution in [2.24, 2.45) is 0 Å². The van der Waals surface area contributed by atoms with Gasteiger partial charge >= 0.3 is 12.6 Å². The van der Waals surface area contributed by atoms with Crippen molar-refractivity contribution in [3.63, 3.8) is 0 Å². The van der Waals surface area contributed by atoms with E-state index in [1.807, 2.05) is 6.92 Å². The van der Waals surface area contributed by atoms with Gasteiger partial charge in [0.1, 0.15) is 11.5 Å². The number of rotatable bonds is 10. The molecule has 0 atom stereocenters. The molecule has 2 rings (SSSR count). The van der Waals surface area contributed by atoms with Crippen molar-refractivity contribution in [2.45, 2.75) is 26.4 Å². The van der Waals surface area contributed by atoms with Gasteiger partial charge in [-0.2, -0.15) is 8.78 Å². The van der Waals surface area contributed by atoms with Crippen LogP contribution in [0.25, 0.3) is 0 Å². The van der Waals surface area contributed by atoms with E-state index in [-0.39, 0.29) is 35.1 Å². The summed E-state index contributed by atoms with van der Waals surface area (Å²) in [5, 5.41) is 2.28. The molecule has 0 saturated carbocycles. The first-order valence-corrected chi connectivity index (χ1v) is 9.45. The number of esters is 1. The largest absolute Gasteiger partial charge is 0.496 e. The van der Waals surface area contributed by atoms with Crippen LogP contribution in [0.3, 0.4) is 0 Å². The second-order valence-electron chi connectivity index (χ2n) is 6.36. The second-order valence-corrected chi connectivity index (χ2v) is 6.77. The molecule has 7 nitrogen and oxygen atoms in total. The van der Waals surface area contributed by atoms with Gasteiger partial charge < -0.3 is 19.5 Å². The summed E-state index contributed by atoms with van der Waals surface area (Å²) >= 11 is 5.80. The van der Waals surface area contributed by atoms with Gasteiger partial charge in [0, 0.05) is 12.1 Å². The Balaban J connectivity index is 1.81. The molecule has 0 spiro atoms. The Hall–Kier alpha value is -3.20. The van der Waals surface area contributed by atoms with E-state index in [1.54, 1.807) is 18.2 Å². The maximum atomic E-state index is 12.3. The normalized spacial score (nSPS) is 10.5. The number of ketones is 1. The highest BCUT2D eigenvalue weighted by Crippen LogP contribution is 2.29. The molecule has 0 unspecified atom stereocenters. The summed E-state index contributed by atoms with van der Waals surface area (Å²) in [5.41, 5.74) is 1.44. The molecule has 10 heteroatoms. The molecule has 0 aliphatic rings. The van der Waals surface area contributed by atoms with E-state index in [9.17, 15) is 23.2 Å². The minimum absolute atomic E-state index is 0.110. The smallest absolute Gasteiger partial charge is 0.387 e. The van der Waals surface area contributed by atoms with Crippen LogP contribution < -0.4 is 14.8 Å². The molecular formula is C21H20ClF2NO6. The van der Waals surface area contributed by atoms with Gasteiger partial charge in [-0.15, -0.1) is 0 Å². The Morgan fingerprint density at radius 1 is 1.06 bits per heavy atom. The van der Waals surface area contributed by atoms with Crippen molar-refractivity contribution in [3.05, 3.63) is 52.5 Å². The fraction of sp³-hybridized carbons (Fsp3) is 0.286. The molecule has 0 radical (unpaired) electrons. The van der Waals surface area contributed by atoms with Crippen molar-refractivity contribution in [3.8, 4) is 11.5 Å². The van der Waals surface area contributed by atoms with Crippen molar-refractivity contribution in [2.75, 3.05) is 19.0 Å². The highest BCUT2D eigenvalue weighted by Gasteiger charge is 2.16. The van der Waals surface area contributed by atoms with E-state index < -0.39 is 25.1 Å². The van der Waals surface area contributed by atoms with E-state index in [0.29, 0.717) is 11.3 Å². The average Bonchev–Trinajstić information content (AvgIpc) is 2.72. The molecule has 0 fully saturated rings. The Bertz CT molecular complexity index is 967. The second kappa shape index (κ2) is 11.3. The summed E-state index contributed by atoms with van der Waals surface area (Å²) in [4.78, 5) is 36.1. The molecule has 0 heterocycles. The van der Waals surface area contributed by atoms with Crippen LogP contribution in [-0.4, -0.2) is 38.0 Å². The van der Waals surface area contributed by atoms with Gasteiger partial charge in [0.2, 0.25) is 0 Å². The number of carbonyl (C=O) groups is 3. The topological polar surface area (TPSA) is 90.9 Å². The van der Waals surface area contributed by atoms with Gasteiger partial charge in [-0.3, -0.25) is 14.4 Å². The SMILES string of the molecule is COc1ccc(C)cc1C(=O)CCC(=O)OCC(=O)Nc1ccc(OC(F)F)c(Cl)c1. The van der Waals surface area contributed by atoms with Crippen LogP contribution >= 0.6 is 11.6 Å². The maximum Gasteiger partial charge on any atom is 0.387 e. The van der Waals surface area contributed by atoms with Gasteiger partial charge in [0.15, 0.2) is 12.4 Å². The number of ether oxygens (including phenoxy) is 3. The summed E-state index contributed by atoms with van der Waals surface area (Å²) in [7, 11) is 1.45. The summed E-state index contributed by atoms with van der Waals surface area (Å²) in [6, 6.07) is 8.83. The molecule has 1 N–H and O–H groups in total. The third-order valence-electron chi connectivity index (χ3n) is 4.01. The van der Waals surface area contributed by atoms with E-state index in [4.69, 9.17) is 21.1 Å². The van der Waals surface area contributed by atoms with Crippen molar-refractivity contribution in [1.29, 1.82) is 0 Å². The Kier molecular flexibility index (Phi) is 8.75. The number of carbonyl (C=O) groups excluding carboxylic acids is 3. The number of nitrogens with one attached hydrogen (secondary N) is 1. The van der Waals surface area contributed by atoms with E-state index in [1.165, 1.54) is 25.3 Å². The number of halogens is 3. The van der Waals surface area contributed by atoms with Crippen LogP contribution in [0.5, 0.6) is 11.5 Å². The molecule has 2 aromatic carbocycles. The summed E-state index contributed by atoms with van der Waals surface area (Å²) < 4.78 is 38.7. The first-order valence-electron chi connectivity index (χ1n) is 9.07. The van der Waals surface area contributed by atoms with Crippen LogP contribution in [0.2, 0.25) is 5.02 Å². The third-order valence-corrected chi connectivity index (χ3v) is 4.30. The number of amides is 1. The number of hydrogen-bond donors (Lipinski definition) is 1. The fourth-order valence-corrected chi connectivity index (χ4v) is 2.80. The van der Waals surface area contributed by atoms with Crippen molar-refractivity contribution < 1.29 is 37.4 Å². The fourth-order valence-electron chi connectivity index (χ4n) is 2.58. The lowest BCUT2D eigenvalue weighted by Crippen LogP contribution is -2.21. The van der Waals surface area contributed by atoms with Gasteiger partial charge in [-0.05, 0) is 37.3 Å². The Morgan fingerprint density at radius 2 is 1.77 bits per heavy atom. The summed E-state index contributed by atoms with van der Waals surface area (Å²) in [5.74, 6) is -1.52. The highest BCUT2D eigenvalue weighted by molar-refractivity contribution is 6.32. The molecule has 0 aromatic heterocycles. The first-order chi connectivity index (χ1) is 14.7. The van der Waals surface area contributed by atoms with Crippen LogP contribution in [0.1, 0.15) is 28.8 Å². The van der Waals surface area contributed by atoms with Crippen LogP contribution in [0, 0.1) is 6.92 Å². The molecule has 0 saturated heterocycles. The lowest BCUT2D eigenvalue weighted by molar-refractivity contribution is -0.147. The molecule has 0 bridgehead atoms. The molecule has 0 aliphatic carbocycles. The molecule has 1 amide bonds. The van der Waals surface area contributed by atoms with Gasteiger partial charge in [0.05, 0.1) is 24.1 Å². The minimum Gasteiger partial charge on any atom is -0.496 e. The number of alkyl halides is 2. The monoisotopic (exact) mass is 455 g/mol. The molecule has 166 valence electrons. The standard InChI is InChI=1S/C21H20ClF2NO6/c1-12-3-6-17(29-2)14(9-12)16(26)5-8-20(28)30-11-19(27)25-13-4-7-18(15(22)10-13)31-21(23)24/h3-4,6-7,9-10,21H,5,8,11H2,1-2H3,(H,25,27). The minimum atomic E-state index is -3.03. The quantitative estimate of drug-likeness (QED) is 0.421. The van der Waals surface area contributed by atoms with E-state index in [0.717, 1.165) is 5.56 Å². The maximum absolute atomic E-state index is 12.3. The third kappa shape index (κ3) is 7.53. The number of anilines is 1. The Labute approximate surface area is 182 Å². The van der Waals surface area contributed by atoms with Crippen molar-refractivity contribution >= 4 is 34.9 Å². The zero-order valence-electron chi connectivity index (χ0n) is 16.7. The predicted molar refractivity (Wildman–Crippen MR) is 109 cm³/mol. The molecule has 31 heavy (non-hydrogen) atoms. The Morgan fingerprint density at radius 3 is 2.42 bits per heavy atom. The number of aryl methyl sites for hydroxylation is 1. The van der Waals surface area contributed by atoms with Crippen LogP contribution in [0.15, 0.2) is 36.4 Å². The lowest BCUT2D eigenvalue weighted by Gasteiger charge is -2.10. The zero-order valence-corrected chi connectivity index (χ0v) is 17.5. The lowest BCUT2D eigenvalue weighted by atomic mass is 10.0. The van der Waals surface area contributed by atoms with E-state index >= 15 is 0 Å². The highest BCUT2D eigenvalue weighted by atomic mass is 35.5. The zero-order chi connectivity index (χ0) is 23.0. The first kappa shape index (κ1) is 24.1. The number of benzene rings is 2. The van der Waals surface area contributed by atoms with Gasteiger partial charge in [0.25, 0.3) is 5.91 Å². The number of hydrogen-bond acceptors (Lipinski definition) is 6. The average molecular weight is 456 g/mol. The number of Topliss-reactive ketones (excluding diaryl/α,β-unsaturated/α-hetero) is 1. The molecular weight excluding hydrogens is 436 g/mol. The number of methoxy groups -OCH3 is 1. The van der Waals surface area contributed by atoms with Gasteiger partial charge in [-0.1, -0.05) is 23.2 Å². The summed E-state index contributed by atoms with van der Waals surface area (Å²) in [6.45, 7) is -1.79. The molecule has 0 aliphatic heterocycles. The van der Waals surface area contributed by atoms with Gasteiger partial charge in [-0.25, -0.2) is 0 Å². The summed E-state index contributed by atoms with van der Waals surface area (Å²) in [6.07, 6.45) is -0.323.